The Morgan fingerprint density at radius 3 is 1.41 bits per heavy atom. The molecule has 0 saturated carbocycles. The molecule has 438 valence electrons. The van der Waals surface area contributed by atoms with E-state index in [1.807, 2.05) is 74.5 Å². The van der Waals surface area contributed by atoms with E-state index >= 15 is 0 Å². The number of nitrogens with zero attached hydrogens (tertiary/aromatic N) is 13. The zero-order chi connectivity index (χ0) is 59.8. The number of anilines is 4. The summed E-state index contributed by atoms with van der Waals surface area (Å²) in [5.41, 5.74) is 21.6. The third kappa shape index (κ3) is 13.4. The fourth-order valence-corrected chi connectivity index (χ4v) is 10.0. The average molecular weight is 1340 g/mol. The largest absolute Gasteiger partial charge is 0.493 e. The first kappa shape index (κ1) is 65.2. The van der Waals surface area contributed by atoms with Gasteiger partial charge in [-0.25, -0.2) is 41.5 Å². The number of hydrogen-bond acceptors (Lipinski definition) is 18. The summed E-state index contributed by atoms with van der Waals surface area (Å²) in [5.74, 6) is -1.01. The van der Waals surface area contributed by atoms with E-state index in [0.717, 1.165) is 11.1 Å². The molecule has 0 spiro atoms. The molecular weight excluding hydrogens is 1290 g/mol. The molecule has 2 aromatic carbocycles. The minimum Gasteiger partial charge on any atom is -0.493 e. The van der Waals surface area contributed by atoms with Gasteiger partial charge in [-0.2, -0.15) is 5.11 Å². The maximum Gasteiger partial charge on any atom is 0.301 e. The third-order valence-electron chi connectivity index (χ3n) is 12.6. The summed E-state index contributed by atoms with van der Waals surface area (Å²) >= 11 is 24.2. The maximum absolute atomic E-state index is 13.3. The molecular formula is C56H51Br2Cl3N16O8. The molecule has 0 unspecified atom stereocenters. The Hall–Kier alpha value is -8.92. The van der Waals surface area contributed by atoms with Crippen LogP contribution in [0.4, 0.5) is 29.0 Å². The lowest BCUT2D eigenvalue weighted by Gasteiger charge is -2.15. The van der Waals surface area contributed by atoms with Gasteiger partial charge in [-0.3, -0.25) is 52.9 Å². The van der Waals surface area contributed by atoms with Gasteiger partial charge in [0, 0.05) is 61.0 Å². The van der Waals surface area contributed by atoms with Crippen molar-refractivity contribution in [3.63, 3.8) is 0 Å². The Bertz CT molecular complexity index is 4000. The molecule has 4 aliphatic rings. The summed E-state index contributed by atoms with van der Waals surface area (Å²) in [7, 11) is 0. The van der Waals surface area contributed by atoms with Crippen molar-refractivity contribution in [2.24, 2.45) is 15.3 Å². The number of nitrogens with one attached hydrogen (secondary N) is 3. The number of aromatic nitrogens is 6. The third-order valence-corrected chi connectivity index (χ3v) is 14.1. The first-order valence-electron chi connectivity index (χ1n) is 24.7. The van der Waals surface area contributed by atoms with Crippen molar-refractivity contribution in [3.8, 4) is 5.88 Å². The van der Waals surface area contributed by atoms with Gasteiger partial charge in [-0.15, -0.1) is 10.2 Å². The smallest absolute Gasteiger partial charge is 0.301 e. The number of fused-ring (bicyclic) bond motifs is 5. The highest BCUT2D eigenvalue weighted by molar-refractivity contribution is 9.10. The SMILES string of the molecule is C.CCN1C(=O)/C(=N\N=C2/C(=O)N(Cc3ccccc3)c3ncc(Br)cc32)c2cc(Cl)cnc21.CCN1C(=O)C(=O)c2cc(Cl)cnc21.CCn1c(O)c(N=N)c2cc(Cl)cnc21.N=N.O.O=C1C(=O)N(Cc2ccccc2)c2ncc(Br)cc21.[HH]. The van der Waals surface area contributed by atoms with Crippen molar-refractivity contribution < 1.29 is 40.8 Å². The highest BCUT2D eigenvalue weighted by Gasteiger charge is 2.40. The number of rotatable bonds is 9. The van der Waals surface area contributed by atoms with E-state index in [-0.39, 0.29) is 49.1 Å². The number of pyridine rings is 5. The predicted molar refractivity (Wildman–Crippen MR) is 330 cm³/mol. The second-order valence-corrected chi connectivity index (χ2v) is 20.7. The first-order chi connectivity index (χ1) is 40.0. The fraction of sp³-hybridized carbons (Fsp3) is 0.161. The molecule has 12 rings (SSSR count). The van der Waals surface area contributed by atoms with Gasteiger partial charge in [0.25, 0.3) is 23.4 Å². The van der Waals surface area contributed by atoms with E-state index in [0.29, 0.717) is 113 Å². The van der Waals surface area contributed by atoms with Crippen LogP contribution in [0, 0.1) is 16.6 Å². The topological polar surface area (TPSA) is 345 Å². The van der Waals surface area contributed by atoms with Crippen LogP contribution in [0.25, 0.3) is 11.0 Å². The fourth-order valence-electron chi connectivity index (χ4n) is 8.90. The van der Waals surface area contributed by atoms with Gasteiger partial charge in [0.05, 0.1) is 55.8 Å². The van der Waals surface area contributed by atoms with Crippen molar-refractivity contribution in [2.75, 3.05) is 32.7 Å². The van der Waals surface area contributed by atoms with E-state index in [1.165, 1.54) is 39.4 Å². The number of halogens is 5. The molecule has 0 bridgehead atoms. The van der Waals surface area contributed by atoms with Gasteiger partial charge in [-0.05, 0) is 94.1 Å². The van der Waals surface area contributed by atoms with Crippen molar-refractivity contribution in [3.05, 3.63) is 179 Å². The number of carbonyl (C=O) groups excluding carboxylic acids is 6. The molecule has 0 radical (unpaired) electrons. The molecule has 0 fully saturated rings. The zero-order valence-corrected chi connectivity index (χ0v) is 49.6. The van der Waals surface area contributed by atoms with Crippen molar-refractivity contribution in [2.45, 2.75) is 47.8 Å². The number of hydrogen-bond donors (Lipinski definition) is 4. The molecule has 4 aliphatic heterocycles. The Kier molecular flexibility index (Phi) is 21.9. The molecule has 4 amide bonds. The summed E-state index contributed by atoms with van der Waals surface area (Å²) in [6, 6.07) is 27.3. The van der Waals surface area contributed by atoms with Crippen molar-refractivity contribution in [1.29, 1.82) is 16.6 Å². The van der Waals surface area contributed by atoms with E-state index in [1.54, 1.807) is 53.0 Å². The molecule has 0 saturated heterocycles. The number of benzene rings is 2. The monoisotopic (exact) mass is 1340 g/mol. The van der Waals surface area contributed by atoms with E-state index in [2.05, 4.69) is 72.1 Å². The van der Waals surface area contributed by atoms with Gasteiger partial charge >= 0.3 is 11.8 Å². The standard InChI is InChI=1S/C23H16BrClN6O2.C14H9BrN2O2.C9H9ClN4O.C9H7ClN2O2.CH4.H2N2.H2O.H2/c1-2-30-20-17(9-15(25)11-27-20)19(22(30)32)29-28-18-16-8-14(24)10-26-21(16)31(23(18)33)12-13-6-4-3-5-7-13;15-10-6-11-12(18)14(19)17(13(11)16-7-10)8-9-4-2-1-3-5-9;1-2-14-8-6(3-5(10)4-12-8)7(13-11)9(14)15;1-2-12-8-6(7(13)9(12)14)3-5(10)4-11-8;;1-2;;/h3-11H,2,12H2,1H3;1-7H,8H2;3-4,11,15H,2H2,1H3;3-4H,2H2,1H3;1H4;1-2H;1H2;1H/b28-18-,29-19-;;;;;;;. The van der Waals surface area contributed by atoms with Crippen LogP contribution in [-0.4, -0.2) is 99.8 Å². The number of aryl methyl sites for hydroxylation is 1. The Morgan fingerprint density at radius 2 is 0.906 bits per heavy atom. The zero-order valence-electron chi connectivity index (χ0n) is 44.2. The second-order valence-electron chi connectivity index (χ2n) is 17.6. The van der Waals surface area contributed by atoms with Crippen molar-refractivity contribution in [1.82, 2.24) is 29.5 Å². The molecule has 24 nitrogen and oxygen atoms in total. The summed E-state index contributed by atoms with van der Waals surface area (Å²) in [6.45, 7) is 7.61. The maximum atomic E-state index is 13.3. The predicted octanol–water partition coefficient (Wildman–Crippen LogP) is 11.6. The minimum absolute atomic E-state index is 0. The average Bonchev–Trinajstić information content (AvgIpc) is 1.99. The molecule has 6 aromatic heterocycles. The summed E-state index contributed by atoms with van der Waals surface area (Å²) in [4.78, 5) is 99.7. The number of aromatic hydroxyl groups is 1. The Morgan fingerprint density at radius 1 is 0.529 bits per heavy atom. The lowest BCUT2D eigenvalue weighted by molar-refractivity contribution is -0.115. The van der Waals surface area contributed by atoms with E-state index in [9.17, 15) is 33.9 Å². The summed E-state index contributed by atoms with van der Waals surface area (Å²) in [6.07, 6.45) is 7.62. The van der Waals surface area contributed by atoms with Gasteiger partial charge < -0.3 is 10.6 Å². The molecule has 10 heterocycles. The van der Waals surface area contributed by atoms with Crippen LogP contribution < -0.4 is 19.6 Å². The number of Topliss-reactive ketones (excluding diaryl/α,β-unsaturated/α-hetero) is 2. The lowest BCUT2D eigenvalue weighted by Crippen LogP contribution is -2.31. The van der Waals surface area contributed by atoms with Crippen LogP contribution >= 0.6 is 66.7 Å². The number of carbonyl (C=O) groups is 6. The number of likely N-dealkylation sites (N-methyl/N-ethyl adjacent to an activating group) is 2. The molecule has 85 heavy (non-hydrogen) atoms. The molecule has 8 aromatic rings. The molecule has 6 N–H and O–H groups in total. The van der Waals surface area contributed by atoms with Crippen LogP contribution in [0.3, 0.4) is 0 Å². The second kappa shape index (κ2) is 28.6. The Balaban J connectivity index is 0.000000219. The van der Waals surface area contributed by atoms with Crippen LogP contribution in [-0.2, 0) is 38.8 Å². The normalized spacial score (nSPS) is 14.2. The Labute approximate surface area is 518 Å². The highest BCUT2D eigenvalue weighted by Crippen LogP contribution is 2.39. The quantitative estimate of drug-likeness (QED) is 0.0595. The lowest BCUT2D eigenvalue weighted by atomic mass is 10.2. The number of ketones is 2. The van der Waals surface area contributed by atoms with Crippen molar-refractivity contribution >= 4 is 153 Å². The summed E-state index contributed by atoms with van der Waals surface area (Å²) < 4.78 is 2.97. The van der Waals surface area contributed by atoms with Crippen LogP contribution in [0.5, 0.6) is 5.88 Å². The highest BCUT2D eigenvalue weighted by atomic mass is 79.9. The van der Waals surface area contributed by atoms with Gasteiger partial charge in [-0.1, -0.05) is 103 Å². The van der Waals surface area contributed by atoms with E-state index in [4.69, 9.17) is 51.4 Å². The number of amides is 4. The minimum atomic E-state index is -0.531. The van der Waals surface area contributed by atoms with E-state index < -0.39 is 23.4 Å². The molecule has 0 aliphatic carbocycles. The van der Waals surface area contributed by atoms with Crippen LogP contribution in [0.15, 0.2) is 146 Å². The van der Waals surface area contributed by atoms with Gasteiger partial charge in [0.1, 0.15) is 28.9 Å². The molecule has 0 atom stereocenters. The van der Waals surface area contributed by atoms with Crippen LogP contribution in [0.1, 0.15) is 72.6 Å². The van der Waals surface area contributed by atoms with Gasteiger partial charge in [0.15, 0.2) is 17.1 Å². The first-order valence-corrected chi connectivity index (χ1v) is 27.4. The van der Waals surface area contributed by atoms with Gasteiger partial charge in [0.2, 0.25) is 5.88 Å². The summed E-state index contributed by atoms with van der Waals surface area (Å²) in [5, 5.41) is 23.3. The molecule has 29 heteroatoms. The van der Waals surface area contributed by atoms with Crippen LogP contribution in [0.2, 0.25) is 15.1 Å².